The third-order valence-electron chi connectivity index (χ3n) is 6.36. The number of fused-ring (bicyclic) bond motifs is 3. The molecular formula is C32H36O5. The second kappa shape index (κ2) is 13.1. The molecule has 1 unspecified atom stereocenters. The lowest BCUT2D eigenvalue weighted by Gasteiger charge is -2.15. The van der Waals surface area contributed by atoms with Gasteiger partial charge in [0.15, 0.2) is 6.10 Å². The molecule has 0 aromatic heterocycles. The SMILES string of the molecule is CCCCOc1cccc2c1-c1ccccc1C2=CCOc1ccc(CC(OCC)C(=O)OCC)cc1. The van der Waals surface area contributed by atoms with Crippen molar-refractivity contribution in [1.29, 1.82) is 0 Å². The summed E-state index contributed by atoms with van der Waals surface area (Å²) in [6.45, 7) is 7.80. The molecule has 0 saturated heterocycles. The average molecular weight is 501 g/mol. The van der Waals surface area contributed by atoms with Crippen LogP contribution in [0.2, 0.25) is 0 Å². The van der Waals surface area contributed by atoms with Crippen LogP contribution in [0.15, 0.2) is 72.8 Å². The highest BCUT2D eigenvalue weighted by Gasteiger charge is 2.26. The van der Waals surface area contributed by atoms with Gasteiger partial charge in [-0.25, -0.2) is 4.79 Å². The predicted molar refractivity (Wildman–Crippen MR) is 147 cm³/mol. The van der Waals surface area contributed by atoms with Crippen molar-refractivity contribution in [3.8, 4) is 22.6 Å². The minimum atomic E-state index is -0.597. The van der Waals surface area contributed by atoms with Gasteiger partial charge in [-0.05, 0) is 72.4 Å². The first kappa shape index (κ1) is 26.5. The second-order valence-corrected chi connectivity index (χ2v) is 8.90. The Labute approximate surface area is 220 Å². The Hall–Kier alpha value is -3.57. The van der Waals surface area contributed by atoms with E-state index in [0.717, 1.165) is 47.6 Å². The number of unbranched alkanes of at least 4 members (excludes halogenated alkanes) is 1. The number of hydrogen-bond acceptors (Lipinski definition) is 5. The van der Waals surface area contributed by atoms with Gasteiger partial charge in [-0.1, -0.05) is 61.9 Å². The molecule has 0 saturated carbocycles. The summed E-state index contributed by atoms with van der Waals surface area (Å²) in [5, 5.41) is 0. The van der Waals surface area contributed by atoms with Crippen molar-refractivity contribution in [2.45, 2.75) is 46.1 Å². The minimum Gasteiger partial charge on any atom is -0.493 e. The molecule has 1 aliphatic rings. The number of ether oxygens (including phenoxy) is 4. The van der Waals surface area contributed by atoms with Gasteiger partial charge >= 0.3 is 5.97 Å². The lowest BCUT2D eigenvalue weighted by Crippen LogP contribution is -2.28. The highest BCUT2D eigenvalue weighted by Crippen LogP contribution is 2.48. The van der Waals surface area contributed by atoms with E-state index in [9.17, 15) is 4.79 Å². The van der Waals surface area contributed by atoms with Crippen molar-refractivity contribution in [3.05, 3.63) is 89.5 Å². The summed E-state index contributed by atoms with van der Waals surface area (Å²) < 4.78 is 22.9. The Balaban J connectivity index is 1.46. The van der Waals surface area contributed by atoms with Crippen molar-refractivity contribution in [2.24, 2.45) is 0 Å². The van der Waals surface area contributed by atoms with Crippen LogP contribution in [0.4, 0.5) is 0 Å². The quantitative estimate of drug-likeness (QED) is 0.148. The fourth-order valence-electron chi connectivity index (χ4n) is 4.58. The third-order valence-corrected chi connectivity index (χ3v) is 6.36. The fourth-order valence-corrected chi connectivity index (χ4v) is 4.58. The maximum Gasteiger partial charge on any atom is 0.335 e. The lowest BCUT2D eigenvalue weighted by molar-refractivity contribution is -0.156. The van der Waals surface area contributed by atoms with Gasteiger partial charge in [0, 0.05) is 18.6 Å². The Kier molecular flexibility index (Phi) is 9.39. The van der Waals surface area contributed by atoms with Crippen molar-refractivity contribution in [3.63, 3.8) is 0 Å². The first-order valence-corrected chi connectivity index (χ1v) is 13.2. The third kappa shape index (κ3) is 6.41. The monoisotopic (exact) mass is 500 g/mol. The molecule has 194 valence electrons. The number of rotatable bonds is 13. The topological polar surface area (TPSA) is 54.0 Å². The molecule has 0 aliphatic heterocycles. The first-order valence-electron chi connectivity index (χ1n) is 13.2. The van der Waals surface area contributed by atoms with Crippen molar-refractivity contribution in [1.82, 2.24) is 0 Å². The molecule has 0 radical (unpaired) electrons. The van der Waals surface area contributed by atoms with Gasteiger partial charge in [-0.15, -0.1) is 0 Å². The zero-order chi connectivity index (χ0) is 26.0. The molecule has 0 bridgehead atoms. The summed E-state index contributed by atoms with van der Waals surface area (Å²) in [6.07, 6.45) is 4.15. The summed E-state index contributed by atoms with van der Waals surface area (Å²) in [5.41, 5.74) is 6.89. The molecule has 1 atom stereocenters. The highest BCUT2D eigenvalue weighted by atomic mass is 16.6. The van der Waals surface area contributed by atoms with Gasteiger partial charge < -0.3 is 18.9 Å². The van der Waals surface area contributed by atoms with Crippen LogP contribution in [0.3, 0.4) is 0 Å². The highest BCUT2D eigenvalue weighted by molar-refractivity contribution is 6.03. The molecule has 0 heterocycles. The smallest absolute Gasteiger partial charge is 0.335 e. The van der Waals surface area contributed by atoms with Crippen LogP contribution >= 0.6 is 0 Å². The van der Waals surface area contributed by atoms with E-state index < -0.39 is 6.10 Å². The van der Waals surface area contributed by atoms with E-state index in [4.69, 9.17) is 18.9 Å². The summed E-state index contributed by atoms with van der Waals surface area (Å²) in [6, 6.07) is 22.5. The van der Waals surface area contributed by atoms with Crippen LogP contribution in [0.25, 0.3) is 16.7 Å². The molecule has 0 amide bonds. The van der Waals surface area contributed by atoms with Crippen LogP contribution < -0.4 is 9.47 Å². The normalized spacial score (nSPS) is 13.6. The summed E-state index contributed by atoms with van der Waals surface area (Å²) in [7, 11) is 0. The standard InChI is InChI=1S/C32H36O5/c1-4-7-20-37-29-14-10-13-28-26(25-11-8-9-12-27(25)31(28)29)19-21-36-24-17-15-23(16-18-24)22-30(34-5-2)32(33)35-6-3/h8-19,30H,4-7,20-22H2,1-3H3. The van der Waals surface area contributed by atoms with Crippen molar-refractivity contribution in [2.75, 3.05) is 26.4 Å². The lowest BCUT2D eigenvalue weighted by atomic mass is 10.0. The Morgan fingerprint density at radius 2 is 1.59 bits per heavy atom. The van der Waals surface area contributed by atoms with Crippen LogP contribution in [0, 0.1) is 0 Å². The maximum absolute atomic E-state index is 12.1. The summed E-state index contributed by atoms with van der Waals surface area (Å²) in [5.74, 6) is 1.38. The van der Waals surface area contributed by atoms with Crippen LogP contribution in [-0.4, -0.2) is 38.5 Å². The molecule has 37 heavy (non-hydrogen) atoms. The summed E-state index contributed by atoms with van der Waals surface area (Å²) >= 11 is 0. The Morgan fingerprint density at radius 3 is 2.32 bits per heavy atom. The number of esters is 1. The zero-order valence-corrected chi connectivity index (χ0v) is 22.0. The molecule has 3 aromatic carbocycles. The van der Waals surface area contributed by atoms with Gasteiger partial charge in [0.05, 0.1) is 13.2 Å². The van der Waals surface area contributed by atoms with Gasteiger partial charge in [0.2, 0.25) is 0 Å². The van der Waals surface area contributed by atoms with E-state index in [0.29, 0.717) is 26.2 Å². The van der Waals surface area contributed by atoms with E-state index in [1.807, 2.05) is 31.2 Å². The summed E-state index contributed by atoms with van der Waals surface area (Å²) in [4.78, 5) is 12.1. The molecule has 0 N–H and O–H groups in total. The molecule has 0 spiro atoms. The fraction of sp³-hybridized carbons (Fsp3) is 0.344. The minimum absolute atomic E-state index is 0.327. The van der Waals surface area contributed by atoms with Crippen LogP contribution in [0.1, 0.15) is 50.3 Å². The van der Waals surface area contributed by atoms with Crippen LogP contribution in [-0.2, 0) is 20.7 Å². The van der Waals surface area contributed by atoms with Gasteiger partial charge in [0.1, 0.15) is 18.1 Å². The van der Waals surface area contributed by atoms with E-state index in [2.05, 4.69) is 55.5 Å². The van der Waals surface area contributed by atoms with Crippen molar-refractivity contribution < 1.29 is 23.7 Å². The number of benzene rings is 3. The molecule has 1 aliphatic carbocycles. The van der Waals surface area contributed by atoms with Gasteiger partial charge in [-0.3, -0.25) is 0 Å². The molecule has 5 nitrogen and oxygen atoms in total. The van der Waals surface area contributed by atoms with Crippen molar-refractivity contribution >= 4 is 11.5 Å². The molecule has 4 rings (SSSR count). The molecule has 5 heteroatoms. The van der Waals surface area contributed by atoms with E-state index in [1.54, 1.807) is 6.92 Å². The van der Waals surface area contributed by atoms with Crippen LogP contribution in [0.5, 0.6) is 11.5 Å². The van der Waals surface area contributed by atoms with E-state index in [-0.39, 0.29) is 5.97 Å². The Bertz CT molecular complexity index is 1210. The molecular weight excluding hydrogens is 464 g/mol. The zero-order valence-electron chi connectivity index (χ0n) is 22.0. The first-order chi connectivity index (χ1) is 18.2. The molecule has 3 aromatic rings. The Morgan fingerprint density at radius 1 is 0.838 bits per heavy atom. The average Bonchev–Trinajstić information content (AvgIpc) is 3.24. The van der Waals surface area contributed by atoms with Gasteiger partial charge in [-0.2, -0.15) is 0 Å². The van der Waals surface area contributed by atoms with E-state index in [1.165, 1.54) is 16.7 Å². The van der Waals surface area contributed by atoms with E-state index >= 15 is 0 Å². The largest absolute Gasteiger partial charge is 0.493 e. The second-order valence-electron chi connectivity index (χ2n) is 8.90. The molecule has 0 fully saturated rings. The number of hydrogen-bond donors (Lipinski definition) is 0. The number of carbonyl (C=O) groups is 1. The number of carbonyl (C=O) groups excluding carboxylic acids is 1. The van der Waals surface area contributed by atoms with Gasteiger partial charge in [0.25, 0.3) is 0 Å². The maximum atomic E-state index is 12.1. The predicted octanol–water partition coefficient (Wildman–Crippen LogP) is 6.87.